The Labute approximate surface area is 142 Å². The predicted molar refractivity (Wildman–Crippen MR) is 90.9 cm³/mol. The van der Waals surface area contributed by atoms with Crippen LogP contribution in [0, 0.1) is 23.7 Å². The third-order valence-corrected chi connectivity index (χ3v) is 6.60. The first kappa shape index (κ1) is 15.0. The number of hydrogen-bond donors (Lipinski definition) is 1. The Balaban J connectivity index is 1.29. The Morgan fingerprint density at radius 2 is 1.96 bits per heavy atom. The SMILES string of the molecule is O=C(NC(C1CCCC1)N1CCOCC1)C1=NN=C2C1CC1CC21. The molecule has 5 aliphatic rings. The fourth-order valence-corrected chi connectivity index (χ4v) is 5.18. The van der Waals surface area contributed by atoms with Crippen LogP contribution in [0.5, 0.6) is 0 Å². The molecule has 4 unspecified atom stereocenters. The van der Waals surface area contributed by atoms with Crippen LogP contribution in [0.4, 0.5) is 0 Å². The molecule has 6 heteroatoms. The lowest BCUT2D eigenvalue weighted by molar-refractivity contribution is -0.118. The zero-order chi connectivity index (χ0) is 16.1. The number of carbonyl (C=O) groups excluding carboxylic acids is 1. The van der Waals surface area contributed by atoms with Crippen LogP contribution in [0.1, 0.15) is 38.5 Å². The zero-order valence-electron chi connectivity index (χ0n) is 14.1. The van der Waals surface area contributed by atoms with Crippen LogP contribution in [-0.4, -0.2) is 54.7 Å². The topological polar surface area (TPSA) is 66.3 Å². The highest BCUT2D eigenvalue weighted by molar-refractivity contribution is 6.45. The summed E-state index contributed by atoms with van der Waals surface area (Å²) in [5.41, 5.74) is 1.86. The highest BCUT2D eigenvalue weighted by Gasteiger charge is 2.55. The first-order valence-electron chi connectivity index (χ1n) is 9.59. The second kappa shape index (κ2) is 5.92. The van der Waals surface area contributed by atoms with Gasteiger partial charge in [-0.2, -0.15) is 5.10 Å². The van der Waals surface area contributed by atoms with Gasteiger partial charge in [0.05, 0.1) is 25.1 Å². The zero-order valence-corrected chi connectivity index (χ0v) is 14.1. The van der Waals surface area contributed by atoms with Crippen molar-refractivity contribution in [3.63, 3.8) is 0 Å². The Morgan fingerprint density at radius 1 is 1.17 bits per heavy atom. The van der Waals surface area contributed by atoms with Crippen molar-refractivity contribution < 1.29 is 9.53 Å². The molecule has 0 aromatic carbocycles. The van der Waals surface area contributed by atoms with E-state index in [0.29, 0.717) is 17.5 Å². The monoisotopic (exact) mass is 330 g/mol. The summed E-state index contributed by atoms with van der Waals surface area (Å²) in [6.07, 6.45) is 7.46. The van der Waals surface area contributed by atoms with Crippen LogP contribution < -0.4 is 5.32 Å². The third kappa shape index (κ3) is 2.51. The standard InChI is InChI=1S/C18H26N4O2/c23-18(16-14-10-12-9-13(12)15(14)20-21-16)19-17(11-3-1-2-4-11)22-5-7-24-8-6-22/h11-14,17H,1-10H2,(H,19,23). The fourth-order valence-electron chi connectivity index (χ4n) is 5.18. The van der Waals surface area contributed by atoms with E-state index in [0.717, 1.165) is 38.6 Å². The Kier molecular flexibility index (Phi) is 3.70. The molecule has 0 aromatic heterocycles. The number of morpholine rings is 1. The number of rotatable bonds is 4. The number of nitrogens with one attached hydrogen (secondary N) is 1. The van der Waals surface area contributed by atoms with Crippen LogP contribution in [0.15, 0.2) is 10.2 Å². The number of nitrogens with zero attached hydrogens (tertiary/aromatic N) is 3. The maximum Gasteiger partial charge on any atom is 0.269 e. The van der Waals surface area contributed by atoms with E-state index < -0.39 is 0 Å². The van der Waals surface area contributed by atoms with Gasteiger partial charge in [0, 0.05) is 24.9 Å². The van der Waals surface area contributed by atoms with E-state index >= 15 is 0 Å². The largest absolute Gasteiger partial charge is 0.379 e. The molecule has 0 spiro atoms. The summed E-state index contributed by atoms with van der Waals surface area (Å²) in [5, 5.41) is 12.0. The molecule has 0 bridgehead atoms. The average Bonchev–Trinajstić information content (AvgIpc) is 3.02. The van der Waals surface area contributed by atoms with Crippen molar-refractivity contribution in [3.8, 4) is 0 Å². The summed E-state index contributed by atoms with van der Waals surface area (Å²) in [6, 6.07) is 0. The van der Waals surface area contributed by atoms with E-state index in [2.05, 4.69) is 20.4 Å². The summed E-state index contributed by atoms with van der Waals surface area (Å²) < 4.78 is 5.49. The second-order valence-electron chi connectivity index (χ2n) is 8.01. The van der Waals surface area contributed by atoms with Gasteiger partial charge in [-0.05, 0) is 37.5 Å². The lowest BCUT2D eigenvalue weighted by Crippen LogP contribution is -2.57. The van der Waals surface area contributed by atoms with Crippen molar-refractivity contribution in [3.05, 3.63) is 0 Å². The number of ether oxygens (including phenoxy) is 1. The van der Waals surface area contributed by atoms with Crippen LogP contribution in [0.25, 0.3) is 0 Å². The first-order valence-corrected chi connectivity index (χ1v) is 9.59. The summed E-state index contributed by atoms with van der Waals surface area (Å²) in [6.45, 7) is 3.34. The molecule has 2 aliphatic heterocycles. The van der Waals surface area contributed by atoms with Gasteiger partial charge in [0.25, 0.3) is 5.91 Å². The van der Waals surface area contributed by atoms with Gasteiger partial charge < -0.3 is 10.1 Å². The van der Waals surface area contributed by atoms with Gasteiger partial charge in [-0.3, -0.25) is 9.69 Å². The molecule has 0 aromatic rings. The maximum atomic E-state index is 12.9. The molecule has 6 nitrogen and oxygen atoms in total. The molecule has 0 radical (unpaired) electrons. The number of hydrogen-bond acceptors (Lipinski definition) is 5. The lowest BCUT2D eigenvalue weighted by atomic mass is 9.95. The molecule has 130 valence electrons. The van der Waals surface area contributed by atoms with Gasteiger partial charge in [0.15, 0.2) is 0 Å². The molecule has 1 saturated heterocycles. The van der Waals surface area contributed by atoms with Crippen molar-refractivity contribution in [2.24, 2.45) is 33.9 Å². The van der Waals surface area contributed by atoms with Crippen LogP contribution in [-0.2, 0) is 9.53 Å². The first-order chi connectivity index (χ1) is 11.8. The van der Waals surface area contributed by atoms with Gasteiger partial charge in [-0.15, -0.1) is 5.10 Å². The maximum absolute atomic E-state index is 12.9. The van der Waals surface area contributed by atoms with Crippen LogP contribution >= 0.6 is 0 Å². The van der Waals surface area contributed by atoms with E-state index in [9.17, 15) is 4.79 Å². The molecule has 5 rings (SSSR count). The normalized spacial score (nSPS) is 36.8. The number of amides is 1. The van der Waals surface area contributed by atoms with Crippen molar-refractivity contribution in [1.29, 1.82) is 0 Å². The van der Waals surface area contributed by atoms with E-state index in [1.54, 1.807) is 0 Å². The molecular weight excluding hydrogens is 304 g/mol. The molecule has 4 atom stereocenters. The molecule has 24 heavy (non-hydrogen) atoms. The quantitative estimate of drug-likeness (QED) is 0.848. The lowest BCUT2D eigenvalue weighted by Gasteiger charge is -2.38. The van der Waals surface area contributed by atoms with E-state index in [1.807, 2.05) is 0 Å². The van der Waals surface area contributed by atoms with Gasteiger partial charge in [0.2, 0.25) is 0 Å². The molecular formula is C18H26N4O2. The molecule has 4 fully saturated rings. The van der Waals surface area contributed by atoms with Crippen LogP contribution in [0.3, 0.4) is 0 Å². The molecule has 2 heterocycles. The summed E-state index contributed by atoms with van der Waals surface area (Å²) in [5.74, 6) is 2.20. The summed E-state index contributed by atoms with van der Waals surface area (Å²) in [7, 11) is 0. The van der Waals surface area contributed by atoms with Crippen molar-refractivity contribution in [2.45, 2.75) is 44.7 Å². The van der Waals surface area contributed by atoms with Crippen LogP contribution in [0.2, 0.25) is 0 Å². The third-order valence-electron chi connectivity index (χ3n) is 6.60. The van der Waals surface area contributed by atoms with Crippen molar-refractivity contribution in [1.82, 2.24) is 10.2 Å². The number of carbonyl (C=O) groups is 1. The average molecular weight is 330 g/mol. The molecule has 1 N–H and O–H groups in total. The minimum Gasteiger partial charge on any atom is -0.379 e. The van der Waals surface area contributed by atoms with Gasteiger partial charge in [-0.1, -0.05) is 12.8 Å². The van der Waals surface area contributed by atoms with Crippen molar-refractivity contribution >= 4 is 17.3 Å². The molecule has 3 saturated carbocycles. The predicted octanol–water partition coefficient (Wildman–Crippen LogP) is 1.42. The minimum absolute atomic E-state index is 0.0171. The Morgan fingerprint density at radius 3 is 2.75 bits per heavy atom. The smallest absolute Gasteiger partial charge is 0.269 e. The van der Waals surface area contributed by atoms with Gasteiger partial charge in [-0.25, -0.2) is 0 Å². The van der Waals surface area contributed by atoms with E-state index in [-0.39, 0.29) is 18.0 Å². The minimum atomic E-state index is 0.0171. The molecule has 3 aliphatic carbocycles. The number of fused-ring (bicyclic) bond motifs is 3. The van der Waals surface area contributed by atoms with Gasteiger partial charge in [0.1, 0.15) is 5.71 Å². The Bertz CT molecular complexity index is 590. The fraction of sp³-hybridized carbons (Fsp3) is 0.833. The van der Waals surface area contributed by atoms with E-state index in [1.165, 1.54) is 37.8 Å². The summed E-state index contributed by atoms with van der Waals surface area (Å²) in [4.78, 5) is 15.3. The highest BCUT2D eigenvalue weighted by Crippen LogP contribution is 2.54. The van der Waals surface area contributed by atoms with Gasteiger partial charge >= 0.3 is 0 Å². The van der Waals surface area contributed by atoms with Crippen molar-refractivity contribution in [2.75, 3.05) is 26.3 Å². The van der Waals surface area contributed by atoms with E-state index in [4.69, 9.17) is 4.74 Å². The highest BCUT2D eigenvalue weighted by atomic mass is 16.5. The summed E-state index contributed by atoms with van der Waals surface area (Å²) >= 11 is 0. The second-order valence-corrected chi connectivity index (χ2v) is 8.01. The Hall–Kier alpha value is -1.27. The molecule has 1 amide bonds.